The van der Waals surface area contributed by atoms with Gasteiger partial charge in [0, 0.05) is 36.4 Å². The number of nitrogens with zero attached hydrogens (tertiary/aromatic N) is 1. The van der Waals surface area contributed by atoms with Gasteiger partial charge in [0.1, 0.15) is 9.75 Å². The first-order valence-electron chi connectivity index (χ1n) is 14.0. The largest absolute Gasteiger partial charge is 0.490 e. The highest BCUT2D eigenvalue weighted by Crippen LogP contribution is 2.38. The zero-order valence-electron chi connectivity index (χ0n) is 24.3. The minimum absolute atomic E-state index is 0.220. The van der Waals surface area contributed by atoms with Crippen LogP contribution in [0.4, 0.5) is 5.69 Å². The summed E-state index contributed by atoms with van der Waals surface area (Å²) in [5, 5.41) is 9.63. The van der Waals surface area contributed by atoms with E-state index in [1.54, 1.807) is 60.7 Å². The molecule has 2 heterocycles. The van der Waals surface area contributed by atoms with E-state index >= 15 is 0 Å². The number of hydrogen-bond donors (Lipinski definition) is 2. The molecule has 0 spiro atoms. The van der Waals surface area contributed by atoms with Crippen molar-refractivity contribution in [2.24, 2.45) is 5.10 Å². The molecule has 0 bridgehead atoms. The van der Waals surface area contributed by atoms with E-state index in [9.17, 15) is 14.4 Å². The summed E-state index contributed by atoms with van der Waals surface area (Å²) in [5.41, 5.74) is 3.88. The van der Waals surface area contributed by atoms with Gasteiger partial charge in [-0.15, -0.1) is 22.7 Å². The average molecular weight is 723 g/mol. The van der Waals surface area contributed by atoms with E-state index in [0.29, 0.717) is 54.0 Å². The fourth-order valence-corrected chi connectivity index (χ4v) is 7.63. The summed E-state index contributed by atoms with van der Waals surface area (Å²) in [6, 6.07) is 23.9. The highest BCUT2D eigenvalue weighted by molar-refractivity contribution is 7.22. The number of fused-ring (bicyclic) bond motifs is 2. The minimum Gasteiger partial charge on any atom is -0.490 e. The molecule has 4 aromatic carbocycles. The fraction of sp³-hybridized carbons (Fsp3) is 0.0588. The Morgan fingerprint density at radius 2 is 1.51 bits per heavy atom. The van der Waals surface area contributed by atoms with E-state index in [2.05, 4.69) is 15.8 Å². The molecule has 6 aromatic rings. The number of hydrazone groups is 1. The standard InChI is InChI=1S/C34H22Cl3N3O5S2/c1-2-44-25-15-18(7-14-24(25)45-34(43)31-29(37)22-5-3-4-6-26(22)46-31)17-38-40-32(41)19-8-11-21(12-9-19)39-33(42)30-28(36)23-13-10-20(35)16-27(23)47-30/h3-17H,2H2,1H3,(H,39,42)(H,40,41)/b38-17-. The van der Waals surface area contributed by atoms with Crippen molar-refractivity contribution in [2.45, 2.75) is 6.92 Å². The maximum Gasteiger partial charge on any atom is 0.355 e. The van der Waals surface area contributed by atoms with Gasteiger partial charge in [0.15, 0.2) is 11.5 Å². The number of rotatable bonds is 9. The Balaban J connectivity index is 1.08. The molecule has 2 N–H and O–H groups in total. The van der Waals surface area contributed by atoms with Gasteiger partial charge in [-0.2, -0.15) is 5.10 Å². The second kappa shape index (κ2) is 14.1. The Labute approximate surface area is 291 Å². The molecule has 6 rings (SSSR count). The van der Waals surface area contributed by atoms with Crippen molar-refractivity contribution < 1.29 is 23.9 Å². The summed E-state index contributed by atoms with van der Waals surface area (Å²) >= 11 is 21.4. The molecule has 0 aliphatic rings. The van der Waals surface area contributed by atoms with E-state index in [-0.39, 0.29) is 11.7 Å². The molecule has 0 radical (unpaired) electrons. The third-order valence-corrected chi connectivity index (χ3v) is 10.3. The molecular weight excluding hydrogens is 701 g/mol. The number of benzene rings is 4. The molecule has 236 valence electrons. The van der Waals surface area contributed by atoms with Crippen LogP contribution in [0.5, 0.6) is 11.5 Å². The van der Waals surface area contributed by atoms with Gasteiger partial charge >= 0.3 is 5.97 Å². The van der Waals surface area contributed by atoms with Crippen molar-refractivity contribution in [3.05, 3.63) is 121 Å². The normalized spacial score (nSPS) is 11.2. The predicted octanol–water partition coefficient (Wildman–Crippen LogP) is 9.71. The van der Waals surface area contributed by atoms with Gasteiger partial charge in [-0.1, -0.05) is 59.1 Å². The maximum atomic E-state index is 13.0. The van der Waals surface area contributed by atoms with Crippen LogP contribution in [0.2, 0.25) is 15.1 Å². The molecule has 0 saturated carbocycles. The molecule has 13 heteroatoms. The molecule has 0 fully saturated rings. The van der Waals surface area contributed by atoms with Crippen LogP contribution in [-0.2, 0) is 0 Å². The maximum absolute atomic E-state index is 13.0. The lowest BCUT2D eigenvalue weighted by atomic mass is 10.2. The third kappa shape index (κ3) is 7.12. The van der Waals surface area contributed by atoms with Crippen LogP contribution < -0.4 is 20.2 Å². The zero-order valence-corrected chi connectivity index (χ0v) is 28.2. The van der Waals surface area contributed by atoms with Crippen molar-refractivity contribution in [1.82, 2.24) is 5.43 Å². The Morgan fingerprint density at radius 3 is 2.28 bits per heavy atom. The number of carbonyl (C=O) groups is 3. The van der Waals surface area contributed by atoms with Crippen LogP contribution >= 0.6 is 57.5 Å². The molecule has 0 aliphatic heterocycles. The number of carbonyl (C=O) groups excluding carboxylic acids is 3. The molecular formula is C34H22Cl3N3O5S2. The first kappa shape index (κ1) is 32.5. The summed E-state index contributed by atoms with van der Waals surface area (Å²) in [4.78, 5) is 39.2. The van der Waals surface area contributed by atoms with Crippen LogP contribution in [0.15, 0.2) is 90.0 Å². The number of anilines is 1. The Hall–Kier alpha value is -4.45. The van der Waals surface area contributed by atoms with E-state index in [0.717, 1.165) is 20.2 Å². The number of thiophene rings is 2. The number of halogens is 3. The molecule has 47 heavy (non-hydrogen) atoms. The van der Waals surface area contributed by atoms with E-state index in [1.807, 2.05) is 31.2 Å². The quantitative estimate of drug-likeness (QED) is 0.0669. The molecule has 2 aromatic heterocycles. The number of ether oxygens (including phenoxy) is 2. The second-order valence-corrected chi connectivity index (χ2v) is 13.2. The molecule has 2 amide bonds. The summed E-state index contributed by atoms with van der Waals surface area (Å²) in [5.74, 6) is -0.875. The van der Waals surface area contributed by atoms with Gasteiger partial charge in [-0.25, -0.2) is 10.2 Å². The molecule has 8 nitrogen and oxygen atoms in total. The molecule has 0 aliphatic carbocycles. The van der Waals surface area contributed by atoms with E-state index in [1.165, 1.54) is 28.9 Å². The van der Waals surface area contributed by atoms with Crippen molar-refractivity contribution in [3.8, 4) is 11.5 Å². The molecule has 0 atom stereocenters. The Bertz CT molecular complexity index is 2200. The van der Waals surface area contributed by atoms with Crippen LogP contribution in [0.1, 0.15) is 42.2 Å². The third-order valence-electron chi connectivity index (χ3n) is 6.77. The van der Waals surface area contributed by atoms with Gasteiger partial charge in [-0.3, -0.25) is 9.59 Å². The van der Waals surface area contributed by atoms with Crippen molar-refractivity contribution in [3.63, 3.8) is 0 Å². The number of nitrogens with one attached hydrogen (secondary N) is 2. The highest BCUT2D eigenvalue weighted by Gasteiger charge is 2.21. The fourth-order valence-electron chi connectivity index (χ4n) is 4.56. The van der Waals surface area contributed by atoms with Gasteiger partial charge in [0.05, 0.1) is 22.9 Å². The highest BCUT2D eigenvalue weighted by atomic mass is 35.5. The second-order valence-electron chi connectivity index (χ2n) is 9.89. The zero-order chi connectivity index (χ0) is 33.1. The SMILES string of the molecule is CCOc1cc(/C=N\NC(=O)c2ccc(NC(=O)c3sc4cc(Cl)ccc4c3Cl)cc2)ccc1OC(=O)c1sc2ccccc2c1Cl. The lowest BCUT2D eigenvalue weighted by Crippen LogP contribution is -2.17. The first-order chi connectivity index (χ1) is 22.7. The Morgan fingerprint density at radius 1 is 0.787 bits per heavy atom. The van der Waals surface area contributed by atoms with Gasteiger partial charge < -0.3 is 14.8 Å². The molecule has 0 unspecified atom stereocenters. The van der Waals surface area contributed by atoms with Crippen LogP contribution in [0.25, 0.3) is 20.2 Å². The lowest BCUT2D eigenvalue weighted by Gasteiger charge is -2.11. The van der Waals surface area contributed by atoms with Gasteiger partial charge in [-0.05, 0) is 73.2 Å². The van der Waals surface area contributed by atoms with Crippen LogP contribution in [0, 0.1) is 0 Å². The number of hydrogen-bond acceptors (Lipinski definition) is 8. The first-order valence-corrected chi connectivity index (χ1v) is 16.8. The minimum atomic E-state index is -0.592. The number of esters is 1. The van der Waals surface area contributed by atoms with Crippen molar-refractivity contribution in [1.29, 1.82) is 0 Å². The predicted molar refractivity (Wildman–Crippen MR) is 191 cm³/mol. The number of amides is 2. The Kier molecular flexibility index (Phi) is 9.76. The van der Waals surface area contributed by atoms with Crippen LogP contribution in [-0.4, -0.2) is 30.6 Å². The van der Waals surface area contributed by atoms with Gasteiger partial charge in [0.25, 0.3) is 11.8 Å². The van der Waals surface area contributed by atoms with Gasteiger partial charge in [0.2, 0.25) is 0 Å². The van der Waals surface area contributed by atoms with Crippen molar-refractivity contribution in [2.75, 3.05) is 11.9 Å². The molecule has 0 saturated heterocycles. The summed E-state index contributed by atoms with van der Waals surface area (Å²) in [6.45, 7) is 2.13. The summed E-state index contributed by atoms with van der Waals surface area (Å²) in [7, 11) is 0. The van der Waals surface area contributed by atoms with Crippen LogP contribution in [0.3, 0.4) is 0 Å². The van der Waals surface area contributed by atoms with Crippen molar-refractivity contribution >= 4 is 107 Å². The smallest absolute Gasteiger partial charge is 0.355 e. The monoisotopic (exact) mass is 721 g/mol. The topological polar surface area (TPSA) is 106 Å². The average Bonchev–Trinajstić information content (AvgIpc) is 3.58. The van der Waals surface area contributed by atoms with E-state index in [4.69, 9.17) is 44.3 Å². The lowest BCUT2D eigenvalue weighted by molar-refractivity contribution is 0.0733. The summed E-state index contributed by atoms with van der Waals surface area (Å²) < 4.78 is 13.0. The summed E-state index contributed by atoms with van der Waals surface area (Å²) in [6.07, 6.45) is 1.44. The van der Waals surface area contributed by atoms with E-state index < -0.39 is 11.9 Å².